The Morgan fingerprint density at radius 3 is 1.96 bits per heavy atom. The Kier molecular flexibility index (Phi) is 9.50. The summed E-state index contributed by atoms with van der Waals surface area (Å²) in [6, 6.07) is 17.5. The molecule has 1 aliphatic heterocycles. The number of rotatable bonds is 5. The number of pyridine rings is 1. The van der Waals surface area contributed by atoms with Crippen molar-refractivity contribution in [3.63, 3.8) is 0 Å². The highest BCUT2D eigenvalue weighted by atomic mass is 19.4. The van der Waals surface area contributed by atoms with Crippen molar-refractivity contribution >= 4 is 28.6 Å². The molecular weight excluding hydrogens is 612 g/mol. The SMILES string of the molecule is Cc1nnc2ccc3c(cc(-c4ccn(C)n4)n3Cc3cccc(CN4CCC4)c3)n12.O=C(O)C(F)(F)F.O=C(O)C(F)(F)F. The minimum Gasteiger partial charge on any atom is -0.475 e. The Morgan fingerprint density at radius 2 is 1.44 bits per heavy atom. The Balaban J connectivity index is 0.000000277. The Labute approximate surface area is 250 Å². The summed E-state index contributed by atoms with van der Waals surface area (Å²) in [6.07, 6.45) is -6.86. The van der Waals surface area contributed by atoms with Crippen molar-refractivity contribution in [3.05, 3.63) is 71.7 Å². The van der Waals surface area contributed by atoms with E-state index in [4.69, 9.17) is 24.9 Å². The van der Waals surface area contributed by atoms with E-state index in [9.17, 15) is 26.3 Å². The highest BCUT2D eigenvalue weighted by molar-refractivity contribution is 5.86. The van der Waals surface area contributed by atoms with Gasteiger partial charge in [0.1, 0.15) is 11.5 Å². The number of aromatic nitrogens is 6. The third-order valence-electron chi connectivity index (χ3n) is 6.75. The van der Waals surface area contributed by atoms with Gasteiger partial charge in [0.2, 0.25) is 0 Å². The average Bonchev–Trinajstić information content (AvgIpc) is 3.63. The van der Waals surface area contributed by atoms with Gasteiger partial charge < -0.3 is 14.8 Å². The van der Waals surface area contributed by atoms with Crippen LogP contribution < -0.4 is 0 Å². The van der Waals surface area contributed by atoms with E-state index in [2.05, 4.69) is 66.5 Å². The average molecular weight is 640 g/mol. The number of halogens is 6. The summed E-state index contributed by atoms with van der Waals surface area (Å²) in [5.74, 6) is -4.62. The monoisotopic (exact) mass is 639 g/mol. The molecule has 17 heteroatoms. The molecule has 4 aromatic heterocycles. The predicted octanol–water partition coefficient (Wildman–Crippen LogP) is 4.91. The van der Waals surface area contributed by atoms with Gasteiger partial charge in [0, 0.05) is 26.3 Å². The van der Waals surface area contributed by atoms with E-state index in [-0.39, 0.29) is 0 Å². The molecule has 0 amide bonds. The van der Waals surface area contributed by atoms with Crippen molar-refractivity contribution in [1.82, 2.24) is 33.8 Å². The van der Waals surface area contributed by atoms with E-state index in [0.29, 0.717) is 0 Å². The van der Waals surface area contributed by atoms with Crippen LogP contribution in [-0.4, -0.2) is 81.4 Å². The van der Waals surface area contributed by atoms with Crippen LogP contribution >= 0.6 is 0 Å². The number of nitrogens with zero attached hydrogens (tertiary/aromatic N) is 7. The van der Waals surface area contributed by atoms with E-state index in [1.165, 1.54) is 30.6 Å². The molecule has 0 radical (unpaired) electrons. The standard InChI is InChI=1S/C24H25N7.2C2HF3O2/c1-17-25-26-24-8-7-21-23(31(17)24)14-22(20-9-12-28(2)27-20)30(21)16-19-6-3-5-18(13-19)15-29-10-4-11-29;2*3-2(4,5)1(6)7/h3,5-9,12-14H,4,10-11,15-16H2,1-2H3;2*(H,6,7). The zero-order chi connectivity index (χ0) is 33.1. The van der Waals surface area contributed by atoms with Crippen LogP contribution in [0.15, 0.2) is 54.7 Å². The number of hydrogen-bond acceptors (Lipinski definition) is 6. The summed E-state index contributed by atoms with van der Waals surface area (Å²) >= 11 is 0. The lowest BCUT2D eigenvalue weighted by molar-refractivity contribution is -0.193. The molecule has 0 spiro atoms. The molecule has 0 bridgehead atoms. The molecule has 0 unspecified atom stereocenters. The number of aliphatic carboxylic acids is 2. The van der Waals surface area contributed by atoms with Gasteiger partial charge in [0.25, 0.3) is 0 Å². The van der Waals surface area contributed by atoms with Crippen LogP contribution in [-0.2, 0) is 29.7 Å². The quantitative estimate of drug-likeness (QED) is 0.260. The number of carbonyl (C=O) groups is 2. The van der Waals surface area contributed by atoms with E-state index in [0.717, 1.165) is 47.0 Å². The van der Waals surface area contributed by atoms with Crippen LogP contribution in [0.1, 0.15) is 23.4 Å². The largest absolute Gasteiger partial charge is 0.490 e. The number of likely N-dealkylation sites (tertiary alicyclic amines) is 1. The van der Waals surface area contributed by atoms with Crippen molar-refractivity contribution in [1.29, 1.82) is 0 Å². The smallest absolute Gasteiger partial charge is 0.475 e. The van der Waals surface area contributed by atoms with E-state index >= 15 is 0 Å². The van der Waals surface area contributed by atoms with Gasteiger partial charge >= 0.3 is 24.3 Å². The Bertz CT molecular complexity index is 1800. The fraction of sp³-hybridized carbons (Fsp3) is 0.321. The number of fused-ring (bicyclic) bond motifs is 3. The fourth-order valence-corrected chi connectivity index (χ4v) is 4.58. The van der Waals surface area contributed by atoms with Gasteiger partial charge in [-0.1, -0.05) is 24.3 Å². The number of hydrogen-bond donors (Lipinski definition) is 2. The summed E-state index contributed by atoms with van der Waals surface area (Å²) in [5, 5.41) is 27.5. The fourth-order valence-electron chi connectivity index (χ4n) is 4.58. The molecule has 6 rings (SSSR count). The first-order chi connectivity index (χ1) is 21.0. The van der Waals surface area contributed by atoms with Gasteiger partial charge in [-0.3, -0.25) is 14.0 Å². The second kappa shape index (κ2) is 13.0. The van der Waals surface area contributed by atoms with Crippen LogP contribution in [0.2, 0.25) is 0 Å². The van der Waals surface area contributed by atoms with Gasteiger partial charge in [0.05, 0.1) is 16.7 Å². The molecule has 240 valence electrons. The van der Waals surface area contributed by atoms with Crippen molar-refractivity contribution < 1.29 is 46.1 Å². The second-order valence-electron chi connectivity index (χ2n) is 10.1. The topological polar surface area (TPSA) is 131 Å². The van der Waals surface area contributed by atoms with Crippen LogP contribution in [0.5, 0.6) is 0 Å². The number of aryl methyl sites for hydroxylation is 2. The molecule has 0 atom stereocenters. The Morgan fingerprint density at radius 1 is 0.844 bits per heavy atom. The third kappa shape index (κ3) is 7.97. The van der Waals surface area contributed by atoms with Crippen LogP contribution in [0.3, 0.4) is 0 Å². The summed E-state index contributed by atoms with van der Waals surface area (Å²) in [7, 11) is 1.96. The van der Waals surface area contributed by atoms with Gasteiger partial charge in [-0.25, -0.2) is 9.59 Å². The van der Waals surface area contributed by atoms with Crippen molar-refractivity contribution in [2.24, 2.45) is 7.05 Å². The first-order valence-corrected chi connectivity index (χ1v) is 13.3. The van der Waals surface area contributed by atoms with Gasteiger partial charge in [-0.15, -0.1) is 10.2 Å². The molecule has 1 aromatic carbocycles. The van der Waals surface area contributed by atoms with Gasteiger partial charge in [-0.2, -0.15) is 31.4 Å². The summed E-state index contributed by atoms with van der Waals surface area (Å²) in [6.45, 7) is 6.25. The normalized spacial score (nSPS) is 13.5. The second-order valence-corrected chi connectivity index (χ2v) is 10.1. The van der Waals surface area contributed by atoms with E-state index < -0.39 is 24.3 Å². The predicted molar refractivity (Wildman–Crippen MR) is 148 cm³/mol. The maximum absolute atomic E-state index is 10.6. The Hall–Kier alpha value is -4.93. The molecule has 11 nitrogen and oxygen atoms in total. The maximum atomic E-state index is 10.6. The lowest BCUT2D eigenvalue weighted by atomic mass is 10.1. The summed E-state index contributed by atoms with van der Waals surface area (Å²) in [5.41, 5.74) is 7.88. The minimum atomic E-state index is -5.08. The molecule has 5 aromatic rings. The van der Waals surface area contributed by atoms with Gasteiger partial charge in [0.15, 0.2) is 5.65 Å². The molecule has 1 aliphatic rings. The molecule has 1 fully saturated rings. The zero-order valence-corrected chi connectivity index (χ0v) is 23.8. The first kappa shape index (κ1) is 33.0. The number of alkyl halides is 6. The minimum absolute atomic E-state index is 0.788. The first-order valence-electron chi connectivity index (χ1n) is 13.3. The lowest BCUT2D eigenvalue weighted by Crippen LogP contribution is -2.36. The molecule has 2 N–H and O–H groups in total. The molecular formula is C28H27F6N7O4. The summed E-state index contributed by atoms with van der Waals surface area (Å²) < 4.78 is 69.8. The van der Waals surface area contributed by atoms with E-state index in [1.807, 2.05) is 30.9 Å². The van der Waals surface area contributed by atoms with Crippen LogP contribution in [0.25, 0.3) is 28.1 Å². The molecule has 0 saturated carbocycles. The maximum Gasteiger partial charge on any atom is 0.490 e. The zero-order valence-electron chi connectivity index (χ0n) is 23.8. The lowest BCUT2D eigenvalue weighted by Gasteiger charge is -2.30. The van der Waals surface area contributed by atoms with Crippen LogP contribution in [0.4, 0.5) is 26.3 Å². The summed E-state index contributed by atoms with van der Waals surface area (Å²) in [4.78, 5) is 20.3. The number of benzene rings is 1. The molecule has 45 heavy (non-hydrogen) atoms. The molecule has 5 heterocycles. The molecule has 1 saturated heterocycles. The number of carboxylic acid groups (broad SMARTS) is 2. The van der Waals surface area contributed by atoms with Crippen molar-refractivity contribution in [2.45, 2.75) is 38.8 Å². The van der Waals surface area contributed by atoms with Crippen molar-refractivity contribution in [2.75, 3.05) is 13.1 Å². The third-order valence-corrected chi connectivity index (χ3v) is 6.75. The highest BCUT2D eigenvalue weighted by Crippen LogP contribution is 2.30. The van der Waals surface area contributed by atoms with Crippen LogP contribution in [0, 0.1) is 6.92 Å². The van der Waals surface area contributed by atoms with Crippen molar-refractivity contribution in [3.8, 4) is 11.4 Å². The van der Waals surface area contributed by atoms with Gasteiger partial charge in [-0.05, 0) is 61.8 Å². The molecule has 0 aliphatic carbocycles. The highest BCUT2D eigenvalue weighted by Gasteiger charge is 2.38. The number of carboxylic acids is 2. The van der Waals surface area contributed by atoms with E-state index in [1.54, 1.807) is 0 Å².